The summed E-state index contributed by atoms with van der Waals surface area (Å²) in [7, 11) is 0. The van der Waals surface area contributed by atoms with Gasteiger partial charge >= 0.3 is 5.97 Å². The number of thioether (sulfide) groups is 1. The number of hydrogen-bond acceptors (Lipinski definition) is 3. The number of halogens is 1. The number of rotatable bonds is 5. The maximum Gasteiger partial charge on any atom is 0.313 e. The van der Waals surface area contributed by atoms with E-state index in [9.17, 15) is 4.79 Å². The quantitative estimate of drug-likeness (QED) is 0.849. The molecule has 0 saturated heterocycles. The van der Waals surface area contributed by atoms with E-state index in [1.165, 1.54) is 11.8 Å². The molecule has 1 N–H and O–H groups in total. The van der Waals surface area contributed by atoms with Crippen LogP contribution in [-0.4, -0.2) is 26.6 Å². The highest BCUT2D eigenvalue weighted by atomic mass is 79.9. The number of benzene rings is 1. The second-order valence-electron chi connectivity index (χ2n) is 4.09. The van der Waals surface area contributed by atoms with Gasteiger partial charge in [0.05, 0.1) is 23.0 Å². The van der Waals surface area contributed by atoms with Crippen molar-refractivity contribution in [2.24, 2.45) is 0 Å². The fourth-order valence-corrected chi connectivity index (χ4v) is 2.69. The van der Waals surface area contributed by atoms with Crippen LogP contribution < -0.4 is 0 Å². The summed E-state index contributed by atoms with van der Waals surface area (Å²) in [6.07, 6.45) is 0. The molecule has 2 aromatic rings. The SMILES string of the molecule is Cc1cc(SCC(=O)O)n(Cc2ccc(Br)cc2)n1. The smallest absolute Gasteiger partial charge is 0.313 e. The van der Waals surface area contributed by atoms with Gasteiger partial charge in [-0.3, -0.25) is 9.48 Å². The van der Waals surface area contributed by atoms with E-state index in [-0.39, 0.29) is 5.75 Å². The molecule has 1 heterocycles. The van der Waals surface area contributed by atoms with Gasteiger partial charge < -0.3 is 5.11 Å². The van der Waals surface area contributed by atoms with Crippen molar-refractivity contribution in [1.82, 2.24) is 9.78 Å². The predicted molar refractivity (Wildman–Crippen MR) is 78.6 cm³/mol. The van der Waals surface area contributed by atoms with Gasteiger partial charge in [-0.1, -0.05) is 39.8 Å². The summed E-state index contributed by atoms with van der Waals surface area (Å²) in [6.45, 7) is 2.55. The van der Waals surface area contributed by atoms with Crippen molar-refractivity contribution < 1.29 is 9.90 Å². The molecule has 0 aliphatic carbocycles. The molecule has 0 saturated carbocycles. The van der Waals surface area contributed by atoms with Gasteiger partial charge in [0, 0.05) is 4.47 Å². The van der Waals surface area contributed by atoms with Crippen LogP contribution in [0, 0.1) is 6.92 Å². The molecular weight excluding hydrogens is 328 g/mol. The van der Waals surface area contributed by atoms with Crippen LogP contribution in [0.1, 0.15) is 11.3 Å². The Bertz CT molecular complexity index is 581. The predicted octanol–water partition coefficient (Wildman–Crippen LogP) is 3.18. The summed E-state index contributed by atoms with van der Waals surface area (Å²) < 4.78 is 2.87. The molecule has 0 bridgehead atoms. The molecular formula is C13H13BrN2O2S. The zero-order valence-electron chi connectivity index (χ0n) is 10.3. The minimum absolute atomic E-state index is 0.0471. The Balaban J connectivity index is 2.15. The number of carbonyl (C=O) groups is 1. The van der Waals surface area contributed by atoms with Crippen LogP contribution in [0.25, 0.3) is 0 Å². The molecule has 100 valence electrons. The van der Waals surface area contributed by atoms with Crippen molar-refractivity contribution in [2.45, 2.75) is 18.5 Å². The molecule has 0 fully saturated rings. The van der Waals surface area contributed by atoms with Gasteiger partial charge in [-0.15, -0.1) is 0 Å². The first-order chi connectivity index (χ1) is 9.04. The lowest BCUT2D eigenvalue weighted by molar-refractivity contribution is -0.133. The highest BCUT2D eigenvalue weighted by molar-refractivity contribution is 9.10. The first-order valence-electron chi connectivity index (χ1n) is 5.68. The highest BCUT2D eigenvalue weighted by Crippen LogP contribution is 2.20. The van der Waals surface area contributed by atoms with Crippen LogP contribution in [0.3, 0.4) is 0 Å². The number of aromatic nitrogens is 2. The number of hydrogen-bond donors (Lipinski definition) is 1. The third-order valence-electron chi connectivity index (χ3n) is 2.45. The van der Waals surface area contributed by atoms with E-state index in [1.54, 1.807) is 0 Å². The Kier molecular flexibility index (Phi) is 4.66. The molecule has 4 nitrogen and oxygen atoms in total. The third-order valence-corrected chi connectivity index (χ3v) is 4.00. The van der Waals surface area contributed by atoms with Crippen LogP contribution in [-0.2, 0) is 11.3 Å². The van der Waals surface area contributed by atoms with Crippen LogP contribution in [0.4, 0.5) is 0 Å². The number of carboxylic acid groups (broad SMARTS) is 1. The van der Waals surface area contributed by atoms with Crippen LogP contribution >= 0.6 is 27.7 Å². The van der Waals surface area contributed by atoms with Crippen LogP contribution in [0.5, 0.6) is 0 Å². The number of aliphatic carboxylic acids is 1. The standard InChI is InChI=1S/C13H13BrN2O2S/c1-9-6-12(19-8-13(17)18)16(15-9)7-10-2-4-11(14)5-3-10/h2-6H,7-8H2,1H3,(H,17,18). The van der Waals surface area contributed by atoms with Crippen molar-refractivity contribution in [2.75, 3.05) is 5.75 Å². The van der Waals surface area contributed by atoms with Gasteiger partial charge in [-0.2, -0.15) is 5.10 Å². The number of nitrogens with zero attached hydrogens (tertiary/aromatic N) is 2. The highest BCUT2D eigenvalue weighted by Gasteiger charge is 2.08. The van der Waals surface area contributed by atoms with Crippen molar-refractivity contribution in [3.63, 3.8) is 0 Å². The number of aryl methyl sites for hydroxylation is 1. The largest absolute Gasteiger partial charge is 0.481 e. The third kappa shape index (κ3) is 4.11. The molecule has 0 aliphatic rings. The first-order valence-corrected chi connectivity index (χ1v) is 7.46. The Morgan fingerprint density at radius 1 is 1.42 bits per heavy atom. The van der Waals surface area contributed by atoms with E-state index in [2.05, 4.69) is 21.0 Å². The first kappa shape index (κ1) is 14.1. The Hall–Kier alpha value is -1.27. The molecule has 6 heteroatoms. The van der Waals surface area contributed by atoms with Crippen LogP contribution in [0.2, 0.25) is 0 Å². The normalized spacial score (nSPS) is 10.6. The van der Waals surface area contributed by atoms with Crippen LogP contribution in [0.15, 0.2) is 39.8 Å². The molecule has 0 spiro atoms. The molecule has 0 amide bonds. The van der Waals surface area contributed by atoms with Gasteiger partial charge in [-0.05, 0) is 30.7 Å². The molecule has 0 radical (unpaired) electrons. The summed E-state index contributed by atoms with van der Waals surface area (Å²) in [6, 6.07) is 9.91. The van der Waals surface area contributed by atoms with Crippen molar-refractivity contribution in [3.05, 3.63) is 46.1 Å². The van der Waals surface area contributed by atoms with Gasteiger partial charge in [-0.25, -0.2) is 0 Å². The summed E-state index contributed by atoms with van der Waals surface area (Å²) in [5.41, 5.74) is 2.02. The van der Waals surface area contributed by atoms with Crippen molar-refractivity contribution in [1.29, 1.82) is 0 Å². The molecule has 0 unspecified atom stereocenters. The molecule has 0 atom stereocenters. The maximum atomic E-state index is 10.6. The molecule has 1 aromatic carbocycles. The Morgan fingerprint density at radius 2 is 2.11 bits per heavy atom. The summed E-state index contributed by atoms with van der Waals surface area (Å²) in [5, 5.41) is 14.0. The van der Waals surface area contributed by atoms with E-state index < -0.39 is 5.97 Å². The van der Waals surface area contributed by atoms with E-state index in [0.717, 1.165) is 20.8 Å². The lowest BCUT2D eigenvalue weighted by Gasteiger charge is -2.06. The lowest BCUT2D eigenvalue weighted by atomic mass is 10.2. The fourth-order valence-electron chi connectivity index (χ4n) is 1.65. The monoisotopic (exact) mass is 340 g/mol. The second-order valence-corrected chi connectivity index (χ2v) is 6.00. The zero-order valence-corrected chi connectivity index (χ0v) is 12.7. The van der Waals surface area contributed by atoms with Crippen molar-refractivity contribution >= 4 is 33.7 Å². The Morgan fingerprint density at radius 3 is 2.74 bits per heavy atom. The lowest BCUT2D eigenvalue weighted by Crippen LogP contribution is -2.05. The summed E-state index contributed by atoms with van der Waals surface area (Å²) in [4.78, 5) is 10.6. The van der Waals surface area contributed by atoms with E-state index in [4.69, 9.17) is 5.11 Å². The average Bonchev–Trinajstić information content (AvgIpc) is 2.70. The topological polar surface area (TPSA) is 55.1 Å². The summed E-state index contributed by atoms with van der Waals surface area (Å²) >= 11 is 4.69. The zero-order chi connectivity index (χ0) is 13.8. The second kappa shape index (κ2) is 6.25. The van der Waals surface area contributed by atoms with Gasteiger partial charge in [0.15, 0.2) is 0 Å². The minimum Gasteiger partial charge on any atom is -0.481 e. The molecule has 2 rings (SSSR count). The summed E-state index contributed by atoms with van der Waals surface area (Å²) in [5.74, 6) is -0.773. The number of carboxylic acids is 1. The molecule has 1 aromatic heterocycles. The van der Waals surface area contributed by atoms with E-state index in [0.29, 0.717) is 6.54 Å². The van der Waals surface area contributed by atoms with Crippen molar-refractivity contribution in [3.8, 4) is 0 Å². The molecule has 0 aliphatic heterocycles. The minimum atomic E-state index is -0.820. The Labute approximate surface area is 124 Å². The fraction of sp³-hybridized carbons (Fsp3) is 0.231. The van der Waals surface area contributed by atoms with Gasteiger partial charge in [0.1, 0.15) is 0 Å². The average molecular weight is 341 g/mol. The van der Waals surface area contributed by atoms with E-state index >= 15 is 0 Å². The van der Waals surface area contributed by atoms with Gasteiger partial charge in [0.25, 0.3) is 0 Å². The maximum absolute atomic E-state index is 10.6. The van der Waals surface area contributed by atoms with Gasteiger partial charge in [0.2, 0.25) is 0 Å². The molecule has 19 heavy (non-hydrogen) atoms. The van der Waals surface area contributed by atoms with E-state index in [1.807, 2.05) is 41.9 Å².